The zero-order valence-electron chi connectivity index (χ0n) is 14.9. The summed E-state index contributed by atoms with van der Waals surface area (Å²) in [6.07, 6.45) is 1.15. The molecule has 0 heterocycles. The molecule has 2 nitrogen and oxygen atoms in total. The Morgan fingerprint density at radius 3 is 2.33 bits per heavy atom. The molecule has 21 heavy (non-hydrogen) atoms. The lowest BCUT2D eigenvalue weighted by Crippen LogP contribution is -2.45. The van der Waals surface area contributed by atoms with Crippen molar-refractivity contribution in [1.82, 2.24) is 5.32 Å². The van der Waals surface area contributed by atoms with Gasteiger partial charge in [-0.15, -0.1) is 0 Å². The minimum Gasteiger partial charge on any atom is -0.492 e. The summed E-state index contributed by atoms with van der Waals surface area (Å²) in [6, 6.07) is 6.82. The van der Waals surface area contributed by atoms with Crippen LogP contribution in [-0.2, 0) is 0 Å². The van der Waals surface area contributed by atoms with Crippen molar-refractivity contribution < 1.29 is 4.74 Å². The van der Waals surface area contributed by atoms with Crippen LogP contribution >= 0.6 is 0 Å². The van der Waals surface area contributed by atoms with E-state index in [0.717, 1.165) is 18.7 Å². The van der Waals surface area contributed by atoms with Gasteiger partial charge >= 0.3 is 0 Å². The third-order valence-electron chi connectivity index (χ3n) is 3.97. The van der Waals surface area contributed by atoms with E-state index >= 15 is 0 Å². The maximum atomic E-state index is 6.04. The predicted molar refractivity (Wildman–Crippen MR) is 92.3 cm³/mol. The van der Waals surface area contributed by atoms with E-state index in [4.69, 9.17) is 4.74 Å². The largest absolute Gasteiger partial charge is 0.492 e. The van der Waals surface area contributed by atoms with Crippen LogP contribution in [0.15, 0.2) is 18.2 Å². The van der Waals surface area contributed by atoms with Gasteiger partial charge in [-0.3, -0.25) is 0 Å². The second-order valence-electron chi connectivity index (χ2n) is 7.36. The Balaban J connectivity index is 2.69. The predicted octanol–water partition coefficient (Wildman–Crippen LogP) is 4.91. The van der Waals surface area contributed by atoms with Crippen LogP contribution < -0.4 is 10.1 Å². The summed E-state index contributed by atoms with van der Waals surface area (Å²) in [5, 5.41) is 3.60. The molecule has 0 aliphatic heterocycles. The molecule has 1 unspecified atom stereocenters. The summed E-state index contributed by atoms with van der Waals surface area (Å²) in [5.74, 6) is 1.54. The van der Waals surface area contributed by atoms with E-state index in [0.29, 0.717) is 18.6 Å². The van der Waals surface area contributed by atoms with Crippen molar-refractivity contribution in [3.05, 3.63) is 29.3 Å². The molecule has 0 amide bonds. The first-order valence-electron chi connectivity index (χ1n) is 8.22. The number of nitrogens with one attached hydrogen (secondary N) is 1. The maximum absolute atomic E-state index is 6.04. The SMILES string of the molecule is CCCNC(COc1ccc(C(C)C)c(C)c1)C(C)(C)C. The highest BCUT2D eigenvalue weighted by Gasteiger charge is 2.24. The van der Waals surface area contributed by atoms with E-state index in [1.165, 1.54) is 11.1 Å². The summed E-state index contributed by atoms with van der Waals surface area (Å²) in [7, 11) is 0. The summed E-state index contributed by atoms with van der Waals surface area (Å²) in [5.41, 5.74) is 2.91. The van der Waals surface area contributed by atoms with Crippen LogP contribution in [0.5, 0.6) is 5.75 Å². The molecule has 0 bridgehead atoms. The average molecular weight is 291 g/mol. The van der Waals surface area contributed by atoms with Crippen LogP contribution in [-0.4, -0.2) is 19.2 Å². The molecule has 0 saturated carbocycles. The molecule has 0 spiro atoms. The first kappa shape index (κ1) is 18.0. The van der Waals surface area contributed by atoms with E-state index < -0.39 is 0 Å². The number of ether oxygens (including phenoxy) is 1. The van der Waals surface area contributed by atoms with Crippen molar-refractivity contribution >= 4 is 0 Å². The van der Waals surface area contributed by atoms with E-state index in [9.17, 15) is 0 Å². The van der Waals surface area contributed by atoms with Crippen LogP contribution in [0, 0.1) is 12.3 Å². The normalized spacial score (nSPS) is 13.5. The molecule has 0 aliphatic carbocycles. The lowest BCUT2D eigenvalue weighted by molar-refractivity contribution is 0.174. The van der Waals surface area contributed by atoms with Gasteiger partial charge in [0.25, 0.3) is 0 Å². The maximum Gasteiger partial charge on any atom is 0.119 e. The Labute approximate surface area is 131 Å². The molecular formula is C19H33NO. The zero-order chi connectivity index (χ0) is 16.0. The number of hydrogen-bond donors (Lipinski definition) is 1. The van der Waals surface area contributed by atoms with Gasteiger partial charge in [0, 0.05) is 6.04 Å². The molecule has 1 N–H and O–H groups in total. The van der Waals surface area contributed by atoms with Gasteiger partial charge < -0.3 is 10.1 Å². The van der Waals surface area contributed by atoms with Crippen molar-refractivity contribution in [3.63, 3.8) is 0 Å². The number of aryl methyl sites for hydroxylation is 1. The summed E-state index contributed by atoms with van der Waals surface area (Å²) < 4.78 is 6.04. The van der Waals surface area contributed by atoms with Crippen molar-refractivity contribution in [3.8, 4) is 5.75 Å². The van der Waals surface area contributed by atoms with E-state index in [1.54, 1.807) is 0 Å². The Bertz CT molecular complexity index is 432. The van der Waals surface area contributed by atoms with Gasteiger partial charge in [0.15, 0.2) is 0 Å². The molecule has 0 aromatic heterocycles. The third kappa shape index (κ3) is 5.70. The van der Waals surface area contributed by atoms with Crippen LogP contribution in [0.2, 0.25) is 0 Å². The van der Waals surface area contributed by atoms with E-state index in [-0.39, 0.29) is 5.41 Å². The Morgan fingerprint density at radius 2 is 1.86 bits per heavy atom. The third-order valence-corrected chi connectivity index (χ3v) is 3.97. The van der Waals surface area contributed by atoms with Gasteiger partial charge in [0.05, 0.1) is 0 Å². The molecular weight excluding hydrogens is 258 g/mol. The number of hydrogen-bond acceptors (Lipinski definition) is 2. The monoisotopic (exact) mass is 291 g/mol. The molecule has 0 saturated heterocycles. The average Bonchev–Trinajstić information content (AvgIpc) is 2.36. The van der Waals surface area contributed by atoms with Crippen molar-refractivity contribution in [2.24, 2.45) is 5.41 Å². The Kier molecular flexibility index (Phi) is 6.73. The van der Waals surface area contributed by atoms with Gasteiger partial charge in [-0.1, -0.05) is 47.6 Å². The van der Waals surface area contributed by atoms with Gasteiger partial charge in [-0.25, -0.2) is 0 Å². The summed E-state index contributed by atoms with van der Waals surface area (Å²) >= 11 is 0. The molecule has 1 aromatic carbocycles. The Hall–Kier alpha value is -1.02. The summed E-state index contributed by atoms with van der Waals surface area (Å²) in [6.45, 7) is 17.4. The van der Waals surface area contributed by atoms with E-state index in [2.05, 4.69) is 72.0 Å². The molecule has 1 rings (SSSR count). The lowest BCUT2D eigenvalue weighted by atomic mass is 9.87. The molecule has 0 radical (unpaired) electrons. The van der Waals surface area contributed by atoms with Gasteiger partial charge in [-0.2, -0.15) is 0 Å². The highest BCUT2D eigenvalue weighted by atomic mass is 16.5. The molecule has 1 atom stereocenters. The minimum atomic E-state index is 0.197. The fourth-order valence-corrected chi connectivity index (χ4v) is 2.50. The fraction of sp³-hybridized carbons (Fsp3) is 0.684. The highest BCUT2D eigenvalue weighted by molar-refractivity contribution is 5.36. The Morgan fingerprint density at radius 1 is 1.19 bits per heavy atom. The van der Waals surface area contributed by atoms with Crippen LogP contribution in [0.3, 0.4) is 0 Å². The topological polar surface area (TPSA) is 21.3 Å². The second kappa shape index (κ2) is 7.84. The minimum absolute atomic E-state index is 0.197. The molecule has 2 heteroatoms. The van der Waals surface area contributed by atoms with Crippen LogP contribution in [0.1, 0.15) is 65.0 Å². The summed E-state index contributed by atoms with van der Waals surface area (Å²) in [4.78, 5) is 0. The lowest BCUT2D eigenvalue weighted by Gasteiger charge is -2.31. The molecule has 0 aliphatic rings. The smallest absolute Gasteiger partial charge is 0.119 e. The van der Waals surface area contributed by atoms with Crippen molar-refractivity contribution in [2.75, 3.05) is 13.2 Å². The van der Waals surface area contributed by atoms with Crippen molar-refractivity contribution in [2.45, 2.75) is 66.8 Å². The zero-order valence-corrected chi connectivity index (χ0v) is 14.9. The highest BCUT2D eigenvalue weighted by Crippen LogP contribution is 2.25. The van der Waals surface area contributed by atoms with Crippen LogP contribution in [0.25, 0.3) is 0 Å². The number of rotatable bonds is 7. The molecule has 0 fully saturated rings. The second-order valence-corrected chi connectivity index (χ2v) is 7.36. The van der Waals surface area contributed by atoms with Gasteiger partial charge in [-0.05, 0) is 54.5 Å². The molecule has 120 valence electrons. The van der Waals surface area contributed by atoms with Crippen LogP contribution in [0.4, 0.5) is 0 Å². The number of benzene rings is 1. The van der Waals surface area contributed by atoms with Gasteiger partial charge in [0.2, 0.25) is 0 Å². The van der Waals surface area contributed by atoms with Crippen molar-refractivity contribution in [1.29, 1.82) is 0 Å². The quantitative estimate of drug-likeness (QED) is 0.770. The van der Waals surface area contributed by atoms with Gasteiger partial charge in [0.1, 0.15) is 12.4 Å². The first-order chi connectivity index (χ1) is 9.75. The standard InChI is InChI=1S/C19H33NO/c1-8-11-20-18(19(5,6)7)13-21-16-9-10-17(14(2)3)15(4)12-16/h9-10,12,14,18,20H,8,11,13H2,1-7H3. The van der Waals surface area contributed by atoms with E-state index in [1.807, 2.05) is 0 Å². The first-order valence-corrected chi connectivity index (χ1v) is 8.22. The fourth-order valence-electron chi connectivity index (χ4n) is 2.50. The molecule has 1 aromatic rings.